The number of hydrogen-bond acceptors (Lipinski definition) is 4. The van der Waals surface area contributed by atoms with E-state index in [4.69, 9.17) is 0 Å². The molecule has 1 amide bonds. The minimum absolute atomic E-state index is 0.142. The molecular weight excluding hydrogens is 458 g/mol. The van der Waals surface area contributed by atoms with Gasteiger partial charge in [-0.05, 0) is 61.2 Å². The Hall–Kier alpha value is -3.00. The van der Waals surface area contributed by atoms with E-state index in [0.29, 0.717) is 18.2 Å². The van der Waals surface area contributed by atoms with Crippen LogP contribution in [0.2, 0.25) is 0 Å². The molecule has 35 heavy (non-hydrogen) atoms. The molecule has 0 atom stereocenters. The van der Waals surface area contributed by atoms with Gasteiger partial charge >= 0.3 is 0 Å². The van der Waals surface area contributed by atoms with Gasteiger partial charge in [0.2, 0.25) is 10.0 Å². The first kappa shape index (κ1) is 26.6. The molecule has 0 saturated carbocycles. The van der Waals surface area contributed by atoms with Crippen molar-refractivity contribution in [2.24, 2.45) is 0 Å². The fourth-order valence-electron chi connectivity index (χ4n) is 3.69. The average molecular weight is 494 g/mol. The zero-order valence-electron chi connectivity index (χ0n) is 20.7. The third-order valence-corrected chi connectivity index (χ3v) is 7.38. The van der Waals surface area contributed by atoms with Crippen molar-refractivity contribution >= 4 is 15.9 Å². The Morgan fingerprint density at radius 1 is 0.857 bits per heavy atom. The molecule has 0 spiro atoms. The molecule has 0 heterocycles. The lowest BCUT2D eigenvalue weighted by molar-refractivity contribution is 0.0944. The third-order valence-electron chi connectivity index (χ3n) is 5.97. The topological polar surface area (TPSA) is 78.5 Å². The summed E-state index contributed by atoms with van der Waals surface area (Å²) in [6.07, 6.45) is 0.858. The van der Waals surface area contributed by atoms with E-state index in [1.54, 1.807) is 36.4 Å². The fraction of sp³-hybridized carbons (Fsp3) is 0.321. The van der Waals surface area contributed by atoms with E-state index < -0.39 is 10.0 Å². The predicted molar refractivity (Wildman–Crippen MR) is 141 cm³/mol. The molecule has 0 aliphatic carbocycles. The summed E-state index contributed by atoms with van der Waals surface area (Å²) in [6, 6.07) is 24.5. The van der Waals surface area contributed by atoms with E-state index in [1.165, 1.54) is 5.56 Å². The van der Waals surface area contributed by atoms with Crippen molar-refractivity contribution in [3.05, 3.63) is 101 Å². The Bertz CT molecular complexity index is 1180. The highest BCUT2D eigenvalue weighted by Gasteiger charge is 2.14. The normalized spacial score (nSPS) is 11.7. The number of benzene rings is 3. The van der Waals surface area contributed by atoms with Crippen molar-refractivity contribution in [1.29, 1.82) is 0 Å². The molecule has 0 saturated heterocycles. The highest BCUT2D eigenvalue weighted by atomic mass is 32.2. The lowest BCUT2D eigenvalue weighted by Gasteiger charge is -2.26. The predicted octanol–water partition coefficient (Wildman–Crippen LogP) is 4.37. The number of carbonyl (C=O) groups excluding carboxylic acids is 1. The summed E-state index contributed by atoms with van der Waals surface area (Å²) in [4.78, 5) is 15.1. The van der Waals surface area contributed by atoms with Gasteiger partial charge in [0.05, 0.1) is 4.90 Å². The first-order valence-corrected chi connectivity index (χ1v) is 13.5. The van der Waals surface area contributed by atoms with Gasteiger partial charge in [0, 0.05) is 37.8 Å². The van der Waals surface area contributed by atoms with Crippen molar-refractivity contribution in [2.75, 3.05) is 13.1 Å². The molecule has 3 aromatic carbocycles. The van der Waals surface area contributed by atoms with Crippen LogP contribution in [0.1, 0.15) is 47.8 Å². The number of sulfonamides is 1. The molecule has 3 rings (SSSR count). The smallest absolute Gasteiger partial charge is 0.251 e. The number of hydrogen-bond donors (Lipinski definition) is 2. The van der Waals surface area contributed by atoms with E-state index in [9.17, 15) is 13.2 Å². The molecule has 0 aromatic heterocycles. The van der Waals surface area contributed by atoms with Crippen LogP contribution in [-0.2, 0) is 29.5 Å². The largest absolute Gasteiger partial charge is 0.351 e. The van der Waals surface area contributed by atoms with Gasteiger partial charge in [-0.15, -0.1) is 0 Å². The minimum Gasteiger partial charge on any atom is -0.351 e. The molecule has 0 aliphatic heterocycles. The van der Waals surface area contributed by atoms with Gasteiger partial charge in [-0.1, -0.05) is 61.5 Å². The van der Waals surface area contributed by atoms with Crippen LogP contribution in [0.25, 0.3) is 0 Å². The summed E-state index contributed by atoms with van der Waals surface area (Å²) in [5.41, 5.74) is 3.66. The third kappa shape index (κ3) is 8.02. The maximum atomic E-state index is 12.6. The summed E-state index contributed by atoms with van der Waals surface area (Å²) in [6.45, 7) is 8.61. The number of nitrogens with one attached hydrogen (secondary N) is 2. The van der Waals surface area contributed by atoms with E-state index in [-0.39, 0.29) is 17.3 Å². The minimum atomic E-state index is -3.59. The second kappa shape index (κ2) is 12.6. The van der Waals surface area contributed by atoms with E-state index in [2.05, 4.69) is 40.9 Å². The Kier molecular flexibility index (Phi) is 9.60. The molecular formula is C28H35N3O3S. The van der Waals surface area contributed by atoms with Crippen LogP contribution in [0.5, 0.6) is 0 Å². The quantitative estimate of drug-likeness (QED) is 0.393. The summed E-state index contributed by atoms with van der Waals surface area (Å²) in [5, 5.41) is 2.98. The number of nitrogens with zero attached hydrogens (tertiary/aromatic N) is 1. The first-order chi connectivity index (χ1) is 16.8. The zero-order valence-corrected chi connectivity index (χ0v) is 21.5. The van der Waals surface area contributed by atoms with Crippen molar-refractivity contribution in [1.82, 2.24) is 14.9 Å². The lowest BCUT2D eigenvalue weighted by Crippen LogP contribution is -2.38. The highest BCUT2D eigenvalue weighted by Crippen LogP contribution is 2.13. The monoisotopic (exact) mass is 493 g/mol. The number of rotatable bonds is 12. The second-order valence-electron chi connectivity index (χ2n) is 8.82. The molecule has 7 heteroatoms. The van der Waals surface area contributed by atoms with Gasteiger partial charge in [0.15, 0.2) is 0 Å². The Balaban J connectivity index is 1.49. The highest BCUT2D eigenvalue weighted by molar-refractivity contribution is 7.89. The van der Waals surface area contributed by atoms with Gasteiger partial charge in [-0.25, -0.2) is 13.1 Å². The van der Waals surface area contributed by atoms with E-state index in [1.807, 2.05) is 37.3 Å². The SMILES string of the molecule is CCc1ccc(S(=O)(=O)NCc2ccc(C(=O)NCCN(Cc3ccccc3)C(C)C)cc2)cc1. The fourth-order valence-corrected chi connectivity index (χ4v) is 4.71. The Labute approximate surface area is 209 Å². The summed E-state index contributed by atoms with van der Waals surface area (Å²) in [7, 11) is -3.59. The molecule has 2 N–H and O–H groups in total. The molecule has 0 radical (unpaired) electrons. The van der Waals surface area contributed by atoms with Crippen LogP contribution in [0.4, 0.5) is 0 Å². The molecule has 0 aliphatic rings. The van der Waals surface area contributed by atoms with Gasteiger partial charge in [0.1, 0.15) is 0 Å². The Morgan fingerprint density at radius 2 is 1.49 bits per heavy atom. The molecule has 186 valence electrons. The molecule has 6 nitrogen and oxygen atoms in total. The van der Waals surface area contributed by atoms with Crippen LogP contribution < -0.4 is 10.0 Å². The van der Waals surface area contributed by atoms with Crippen LogP contribution in [0.3, 0.4) is 0 Å². The molecule has 0 unspecified atom stereocenters. The maximum Gasteiger partial charge on any atom is 0.251 e. The molecule has 3 aromatic rings. The van der Waals surface area contributed by atoms with Crippen LogP contribution in [0.15, 0.2) is 83.8 Å². The van der Waals surface area contributed by atoms with Gasteiger partial charge in [0.25, 0.3) is 5.91 Å². The van der Waals surface area contributed by atoms with Crippen LogP contribution in [-0.4, -0.2) is 38.4 Å². The molecule has 0 bridgehead atoms. The number of carbonyl (C=O) groups is 1. The lowest BCUT2D eigenvalue weighted by atomic mass is 10.1. The van der Waals surface area contributed by atoms with Crippen LogP contribution >= 0.6 is 0 Å². The van der Waals surface area contributed by atoms with Gasteiger partial charge < -0.3 is 5.32 Å². The van der Waals surface area contributed by atoms with Gasteiger partial charge in [-0.2, -0.15) is 0 Å². The average Bonchev–Trinajstić information content (AvgIpc) is 2.87. The Morgan fingerprint density at radius 3 is 2.09 bits per heavy atom. The maximum absolute atomic E-state index is 12.6. The number of amides is 1. The first-order valence-electron chi connectivity index (χ1n) is 12.0. The van der Waals surface area contributed by atoms with Crippen molar-refractivity contribution < 1.29 is 13.2 Å². The summed E-state index contributed by atoms with van der Waals surface area (Å²) >= 11 is 0. The van der Waals surface area contributed by atoms with Crippen molar-refractivity contribution in [3.8, 4) is 0 Å². The van der Waals surface area contributed by atoms with Gasteiger partial charge in [-0.3, -0.25) is 9.69 Å². The zero-order chi connectivity index (χ0) is 25.3. The number of aryl methyl sites for hydroxylation is 1. The molecule has 0 fully saturated rings. The van der Waals surface area contributed by atoms with E-state index >= 15 is 0 Å². The van der Waals surface area contributed by atoms with Crippen molar-refractivity contribution in [3.63, 3.8) is 0 Å². The van der Waals surface area contributed by atoms with E-state index in [0.717, 1.165) is 30.6 Å². The van der Waals surface area contributed by atoms with Crippen molar-refractivity contribution in [2.45, 2.75) is 51.2 Å². The standard InChI is InChI=1S/C28H35N3O3S/c1-4-23-12-16-27(17-13-23)35(33,34)30-20-24-10-14-26(15-11-24)28(32)29-18-19-31(22(2)3)21-25-8-6-5-7-9-25/h5-17,22,30H,4,18-21H2,1-3H3,(H,29,32). The van der Waals surface area contributed by atoms with Crippen LogP contribution in [0, 0.1) is 0 Å². The summed E-state index contributed by atoms with van der Waals surface area (Å²) < 4.78 is 27.7. The second-order valence-corrected chi connectivity index (χ2v) is 10.6. The summed E-state index contributed by atoms with van der Waals surface area (Å²) in [5.74, 6) is -0.142.